The van der Waals surface area contributed by atoms with Gasteiger partial charge in [-0.25, -0.2) is 0 Å². The molecule has 2 aromatic heterocycles. The molecule has 0 unspecified atom stereocenters. The third-order valence-electron chi connectivity index (χ3n) is 9.50. The predicted octanol–water partition coefficient (Wildman–Crippen LogP) is 5.59. The molecule has 7 rings (SSSR count). The Morgan fingerprint density at radius 1 is 0.688 bits per heavy atom. The number of carbonyl (C=O) groups excluding carboxylic acids is 2. The van der Waals surface area contributed by atoms with E-state index in [1.54, 1.807) is 0 Å². The first-order valence-corrected chi connectivity index (χ1v) is 18.8. The molecule has 0 spiro atoms. The number of aromatic nitrogens is 4. The van der Waals surface area contributed by atoms with Crippen LogP contribution in [0.15, 0.2) is 48.5 Å². The van der Waals surface area contributed by atoms with Gasteiger partial charge in [-0.1, -0.05) is 53.4 Å². The van der Waals surface area contributed by atoms with Crippen molar-refractivity contribution in [1.82, 2.24) is 25.7 Å². The zero-order valence-electron chi connectivity index (χ0n) is 27.2. The van der Waals surface area contributed by atoms with Crippen molar-refractivity contribution in [1.29, 1.82) is 0 Å². The Balaban J connectivity index is 0.903. The maximum atomic E-state index is 12.9. The summed E-state index contributed by atoms with van der Waals surface area (Å²) < 4.78 is 0. The van der Waals surface area contributed by atoms with Crippen LogP contribution in [-0.4, -0.2) is 71.5 Å². The van der Waals surface area contributed by atoms with E-state index >= 15 is 0 Å². The fraction of sp³-hybridized carbons (Fsp3) is 0.486. The lowest BCUT2D eigenvalue weighted by molar-refractivity contribution is -0.116. The van der Waals surface area contributed by atoms with Crippen LogP contribution >= 0.6 is 22.7 Å². The number of carbonyl (C=O) groups is 2. The second-order valence-corrected chi connectivity index (χ2v) is 15.0. The molecule has 4 heterocycles. The SMILES string of the molecule is O=C(Cc1cccc(N2CCCCC2)c1)Nc1nnc([C@H]2CCC[C@H](c3nnc(NC(=O)Cc4cccc(N5CCNCC5)c4)s3)C2)s1. The Hall–Kier alpha value is -3.94. The molecular weight excluding hydrogens is 643 g/mol. The van der Waals surface area contributed by atoms with Crippen LogP contribution in [0.2, 0.25) is 0 Å². The molecule has 13 heteroatoms. The molecule has 4 aromatic rings. The molecule has 3 N–H and O–H groups in total. The first-order valence-electron chi connectivity index (χ1n) is 17.2. The van der Waals surface area contributed by atoms with Gasteiger partial charge in [0.2, 0.25) is 22.1 Å². The van der Waals surface area contributed by atoms with Crippen LogP contribution in [0.1, 0.15) is 77.9 Å². The Labute approximate surface area is 289 Å². The smallest absolute Gasteiger partial charge is 0.230 e. The van der Waals surface area contributed by atoms with Crippen molar-refractivity contribution in [3.63, 3.8) is 0 Å². The van der Waals surface area contributed by atoms with Crippen LogP contribution < -0.4 is 25.8 Å². The quantitative estimate of drug-likeness (QED) is 0.196. The highest BCUT2D eigenvalue weighted by atomic mass is 32.1. The van der Waals surface area contributed by atoms with Gasteiger partial charge >= 0.3 is 0 Å². The Morgan fingerprint density at radius 3 is 1.75 bits per heavy atom. The van der Waals surface area contributed by atoms with Gasteiger partial charge in [0.1, 0.15) is 10.0 Å². The number of piperidine rings is 1. The van der Waals surface area contributed by atoms with Crippen LogP contribution in [-0.2, 0) is 22.4 Å². The second kappa shape index (κ2) is 15.5. The molecule has 252 valence electrons. The Morgan fingerprint density at radius 2 is 1.21 bits per heavy atom. The normalized spacial score (nSPS) is 20.0. The van der Waals surface area contributed by atoms with Gasteiger partial charge in [0.15, 0.2) is 0 Å². The molecule has 1 saturated carbocycles. The number of amides is 2. The van der Waals surface area contributed by atoms with Crippen molar-refractivity contribution in [2.24, 2.45) is 0 Å². The van der Waals surface area contributed by atoms with E-state index in [4.69, 9.17) is 0 Å². The topological polar surface area (TPSA) is 128 Å². The van der Waals surface area contributed by atoms with E-state index < -0.39 is 0 Å². The number of hydrogen-bond donors (Lipinski definition) is 3. The fourth-order valence-electron chi connectivity index (χ4n) is 7.04. The minimum absolute atomic E-state index is 0.0780. The average Bonchev–Trinajstić information content (AvgIpc) is 3.79. The minimum atomic E-state index is -0.0881. The van der Waals surface area contributed by atoms with E-state index in [0.29, 0.717) is 23.1 Å². The highest BCUT2D eigenvalue weighted by Gasteiger charge is 2.29. The summed E-state index contributed by atoms with van der Waals surface area (Å²) in [5.41, 5.74) is 4.34. The van der Waals surface area contributed by atoms with Crippen molar-refractivity contribution in [2.45, 2.75) is 69.6 Å². The monoisotopic (exact) mass is 685 g/mol. The number of nitrogens with one attached hydrogen (secondary N) is 3. The average molecular weight is 686 g/mol. The molecule has 1 aliphatic carbocycles. The van der Waals surface area contributed by atoms with Crippen molar-refractivity contribution in [2.75, 3.05) is 59.7 Å². The molecule has 2 amide bonds. The molecule has 3 aliphatic rings. The van der Waals surface area contributed by atoms with Crippen LogP contribution in [0.3, 0.4) is 0 Å². The van der Waals surface area contributed by atoms with E-state index in [9.17, 15) is 9.59 Å². The molecule has 0 radical (unpaired) electrons. The number of hydrogen-bond acceptors (Lipinski definition) is 11. The van der Waals surface area contributed by atoms with Gasteiger partial charge in [0, 0.05) is 62.5 Å². The standard InChI is InChI=1S/C35H43N9O2S2/c45-30(21-24-7-4-11-28(19-24)43-15-2-1-3-16-43)37-34-41-39-32(47-34)26-9-6-10-27(23-26)33-40-42-35(48-33)38-31(46)22-25-8-5-12-29(20-25)44-17-13-36-14-18-44/h4-5,7-8,11-12,19-20,26-27,36H,1-3,6,9-10,13-18,21-23H2,(H,37,41,45)(H,38,42,46)/t26-,27-/m0/s1. The highest BCUT2D eigenvalue weighted by Crippen LogP contribution is 2.43. The largest absolute Gasteiger partial charge is 0.372 e. The van der Waals surface area contributed by atoms with E-state index in [1.807, 2.05) is 24.3 Å². The lowest BCUT2D eigenvalue weighted by Gasteiger charge is -2.29. The van der Waals surface area contributed by atoms with Crippen molar-refractivity contribution in [3.05, 3.63) is 69.7 Å². The van der Waals surface area contributed by atoms with Gasteiger partial charge < -0.3 is 25.8 Å². The third-order valence-corrected chi connectivity index (χ3v) is 11.5. The summed E-state index contributed by atoms with van der Waals surface area (Å²) in [6.45, 7) is 6.04. The number of rotatable bonds is 10. The van der Waals surface area contributed by atoms with Crippen molar-refractivity contribution in [3.8, 4) is 0 Å². The summed E-state index contributed by atoms with van der Waals surface area (Å²) in [6.07, 6.45) is 8.33. The molecule has 2 atom stereocenters. The zero-order valence-corrected chi connectivity index (χ0v) is 28.8. The summed E-state index contributed by atoms with van der Waals surface area (Å²) in [5, 5.41) is 29.9. The fourth-order valence-corrected chi connectivity index (χ4v) is 8.85. The van der Waals surface area contributed by atoms with E-state index in [0.717, 1.165) is 91.8 Å². The molecule has 2 saturated heterocycles. The maximum Gasteiger partial charge on any atom is 0.230 e. The zero-order chi connectivity index (χ0) is 32.7. The lowest BCUT2D eigenvalue weighted by atomic mass is 9.82. The summed E-state index contributed by atoms with van der Waals surface area (Å²) in [4.78, 5) is 30.6. The van der Waals surface area contributed by atoms with Gasteiger partial charge in [-0.05, 0) is 73.9 Å². The summed E-state index contributed by atoms with van der Waals surface area (Å²) in [5.74, 6) is 0.329. The van der Waals surface area contributed by atoms with Crippen LogP contribution in [0.5, 0.6) is 0 Å². The van der Waals surface area contributed by atoms with Gasteiger partial charge in [-0.3, -0.25) is 9.59 Å². The lowest BCUT2D eigenvalue weighted by Crippen LogP contribution is -2.43. The molecule has 2 aliphatic heterocycles. The summed E-state index contributed by atoms with van der Waals surface area (Å²) in [6, 6.07) is 16.6. The Bertz CT molecular complexity index is 1570. The van der Waals surface area contributed by atoms with Crippen molar-refractivity contribution >= 4 is 56.1 Å². The van der Waals surface area contributed by atoms with Gasteiger partial charge in [-0.15, -0.1) is 20.4 Å². The van der Waals surface area contributed by atoms with Crippen molar-refractivity contribution < 1.29 is 9.59 Å². The van der Waals surface area contributed by atoms with Gasteiger partial charge in [-0.2, -0.15) is 0 Å². The Kier molecular flexibility index (Phi) is 10.5. The van der Waals surface area contributed by atoms with Crippen LogP contribution in [0.4, 0.5) is 21.6 Å². The van der Waals surface area contributed by atoms with Gasteiger partial charge in [0.05, 0.1) is 12.8 Å². The predicted molar refractivity (Wildman–Crippen MR) is 192 cm³/mol. The molecular formula is C35H43N9O2S2. The van der Waals surface area contributed by atoms with Crippen LogP contribution in [0.25, 0.3) is 0 Å². The third kappa shape index (κ3) is 8.37. The summed E-state index contributed by atoms with van der Waals surface area (Å²) >= 11 is 2.93. The van der Waals surface area contributed by atoms with E-state index in [1.165, 1.54) is 47.6 Å². The molecule has 3 fully saturated rings. The maximum absolute atomic E-state index is 12.9. The molecule has 48 heavy (non-hydrogen) atoms. The molecule has 11 nitrogen and oxygen atoms in total. The highest BCUT2D eigenvalue weighted by molar-refractivity contribution is 7.15. The van der Waals surface area contributed by atoms with Gasteiger partial charge in [0.25, 0.3) is 0 Å². The van der Waals surface area contributed by atoms with E-state index in [2.05, 4.69) is 70.4 Å². The van der Waals surface area contributed by atoms with Crippen LogP contribution in [0, 0.1) is 0 Å². The molecule has 2 aromatic carbocycles. The van der Waals surface area contributed by atoms with E-state index in [-0.39, 0.29) is 23.7 Å². The first kappa shape index (κ1) is 32.6. The number of nitrogens with zero attached hydrogens (tertiary/aromatic N) is 6. The first-order chi connectivity index (χ1) is 23.6. The second-order valence-electron chi connectivity index (χ2n) is 13.0. The number of benzene rings is 2. The summed E-state index contributed by atoms with van der Waals surface area (Å²) in [7, 11) is 0. The number of piperazine rings is 1. The minimum Gasteiger partial charge on any atom is -0.372 e. The number of anilines is 4. The molecule has 0 bridgehead atoms.